The van der Waals surface area contributed by atoms with E-state index in [-0.39, 0.29) is 23.3 Å². The van der Waals surface area contributed by atoms with Crippen molar-refractivity contribution in [1.29, 1.82) is 0 Å². The van der Waals surface area contributed by atoms with Gasteiger partial charge in [0.15, 0.2) is 23.3 Å². The molecule has 5 atom stereocenters. The van der Waals surface area contributed by atoms with E-state index in [1.165, 1.54) is 0 Å². The van der Waals surface area contributed by atoms with Crippen molar-refractivity contribution in [3.8, 4) is 0 Å². The Labute approximate surface area is 261 Å². The number of hydrogen-bond donors (Lipinski definition) is 0. The molecule has 1 heterocycles. The third-order valence-corrected chi connectivity index (χ3v) is 7.46. The summed E-state index contributed by atoms with van der Waals surface area (Å²) in [7, 11) is 0. The van der Waals surface area contributed by atoms with Crippen LogP contribution in [0.1, 0.15) is 41.4 Å². The van der Waals surface area contributed by atoms with Crippen LogP contribution in [0.25, 0.3) is 0 Å². The topological polar surface area (TPSA) is 114 Å². The molecular formula is C34H27BrO9. The molecule has 4 aromatic carbocycles. The monoisotopic (exact) mass is 658 g/mol. The quantitative estimate of drug-likeness (QED) is 0.128. The molecule has 44 heavy (non-hydrogen) atoms. The maximum Gasteiger partial charge on any atom is 0.338 e. The number of ether oxygens (including phenoxy) is 5. The van der Waals surface area contributed by atoms with Crippen molar-refractivity contribution in [2.45, 2.75) is 29.4 Å². The summed E-state index contributed by atoms with van der Waals surface area (Å²) in [6.07, 6.45) is -5.13. The summed E-state index contributed by atoms with van der Waals surface area (Å²) in [6.45, 7) is -0.374. The van der Waals surface area contributed by atoms with Crippen molar-refractivity contribution in [2.75, 3.05) is 6.61 Å². The number of carbonyl (C=O) groups is 4. The lowest BCUT2D eigenvalue weighted by Gasteiger charge is -2.43. The highest BCUT2D eigenvalue weighted by Gasteiger charge is 2.52. The van der Waals surface area contributed by atoms with E-state index in [1.807, 2.05) is 0 Å². The van der Waals surface area contributed by atoms with Crippen molar-refractivity contribution in [3.63, 3.8) is 0 Å². The second-order valence-corrected chi connectivity index (χ2v) is 10.6. The first-order valence-corrected chi connectivity index (χ1v) is 14.6. The molecule has 0 aliphatic carbocycles. The van der Waals surface area contributed by atoms with E-state index >= 15 is 0 Å². The molecule has 0 saturated carbocycles. The third-order valence-electron chi connectivity index (χ3n) is 6.72. The molecule has 1 aliphatic rings. The van der Waals surface area contributed by atoms with E-state index in [4.69, 9.17) is 23.7 Å². The van der Waals surface area contributed by atoms with Crippen molar-refractivity contribution in [1.82, 2.24) is 0 Å². The zero-order valence-corrected chi connectivity index (χ0v) is 24.8. The number of alkyl halides is 1. The predicted molar refractivity (Wildman–Crippen MR) is 161 cm³/mol. The highest BCUT2D eigenvalue weighted by Crippen LogP contribution is 2.33. The highest BCUT2D eigenvalue weighted by molar-refractivity contribution is 9.09. The van der Waals surface area contributed by atoms with E-state index in [9.17, 15) is 19.2 Å². The Morgan fingerprint density at radius 3 is 1.25 bits per heavy atom. The van der Waals surface area contributed by atoms with Crippen LogP contribution in [0.15, 0.2) is 121 Å². The van der Waals surface area contributed by atoms with Crippen LogP contribution >= 0.6 is 15.9 Å². The van der Waals surface area contributed by atoms with Gasteiger partial charge in [-0.25, -0.2) is 19.2 Å². The summed E-state index contributed by atoms with van der Waals surface area (Å²) in [5.41, 5.74) is 0.994. The molecular weight excluding hydrogens is 632 g/mol. The van der Waals surface area contributed by atoms with E-state index in [0.717, 1.165) is 0 Å². The van der Waals surface area contributed by atoms with Gasteiger partial charge in [0, 0.05) is 0 Å². The van der Waals surface area contributed by atoms with Crippen molar-refractivity contribution < 1.29 is 42.9 Å². The fraction of sp³-hybridized carbons (Fsp3) is 0.176. The average molecular weight is 659 g/mol. The number of esters is 4. The largest absolute Gasteiger partial charge is 0.459 e. The molecule has 1 aliphatic heterocycles. The Kier molecular flexibility index (Phi) is 10.2. The van der Waals surface area contributed by atoms with Crippen LogP contribution in [0, 0.1) is 0 Å². The van der Waals surface area contributed by atoms with E-state index in [1.54, 1.807) is 121 Å². The second kappa shape index (κ2) is 14.6. The second-order valence-electron chi connectivity index (χ2n) is 9.70. The molecule has 224 valence electrons. The van der Waals surface area contributed by atoms with Crippen LogP contribution in [0.3, 0.4) is 0 Å². The van der Waals surface area contributed by atoms with Gasteiger partial charge in [-0.05, 0) is 48.5 Å². The number of carbonyl (C=O) groups excluding carboxylic acids is 4. The Bertz CT molecular complexity index is 1570. The van der Waals surface area contributed by atoms with Gasteiger partial charge in [0.1, 0.15) is 12.7 Å². The first kappa shape index (κ1) is 30.7. The summed E-state index contributed by atoms with van der Waals surface area (Å²) in [5, 5.41) is -1.05. The van der Waals surface area contributed by atoms with Gasteiger partial charge in [-0.3, -0.25) is 0 Å². The zero-order valence-electron chi connectivity index (χ0n) is 23.2. The van der Waals surface area contributed by atoms with E-state index in [0.29, 0.717) is 5.56 Å². The highest BCUT2D eigenvalue weighted by atomic mass is 79.9. The lowest BCUT2D eigenvalue weighted by molar-refractivity contribution is -0.205. The molecule has 0 spiro atoms. The zero-order chi connectivity index (χ0) is 30.9. The minimum Gasteiger partial charge on any atom is -0.459 e. The summed E-state index contributed by atoms with van der Waals surface area (Å²) in [4.78, 5) is 52.6. The van der Waals surface area contributed by atoms with Gasteiger partial charge in [0.25, 0.3) is 0 Å². The molecule has 1 fully saturated rings. The normalized spacial score (nSPS) is 21.0. The smallest absolute Gasteiger partial charge is 0.338 e. The van der Waals surface area contributed by atoms with Crippen molar-refractivity contribution >= 4 is 39.8 Å². The Hall–Kier alpha value is -4.80. The SMILES string of the molecule is O=C(OC[C@@H]1O[C@H](Br)[C@H](OC(=O)c2ccccc2)[C@@H](OC(=O)c2ccccc2)[C@@H]1OC(=O)c1ccccc1)c1ccccc1. The van der Waals surface area contributed by atoms with Gasteiger partial charge in [0.05, 0.1) is 22.3 Å². The maximum atomic E-state index is 13.3. The van der Waals surface area contributed by atoms with Gasteiger partial charge < -0.3 is 23.7 Å². The number of benzene rings is 4. The van der Waals surface area contributed by atoms with Gasteiger partial charge in [-0.2, -0.15) is 0 Å². The van der Waals surface area contributed by atoms with Gasteiger partial charge in [-0.1, -0.05) is 88.7 Å². The number of rotatable bonds is 9. The van der Waals surface area contributed by atoms with Gasteiger partial charge in [0.2, 0.25) is 0 Å². The summed E-state index contributed by atoms with van der Waals surface area (Å²) in [6, 6.07) is 32.9. The molecule has 0 unspecified atom stereocenters. The van der Waals surface area contributed by atoms with Crippen molar-refractivity contribution in [2.24, 2.45) is 0 Å². The molecule has 10 heteroatoms. The molecule has 0 radical (unpaired) electrons. The van der Waals surface area contributed by atoms with E-state index in [2.05, 4.69) is 15.9 Å². The minimum atomic E-state index is -1.37. The van der Waals surface area contributed by atoms with Crippen molar-refractivity contribution in [3.05, 3.63) is 144 Å². The Balaban J connectivity index is 1.48. The molecule has 9 nitrogen and oxygen atoms in total. The predicted octanol–water partition coefficient (Wildman–Crippen LogP) is 5.64. The van der Waals surface area contributed by atoms with Crippen LogP contribution in [-0.2, 0) is 23.7 Å². The number of halogens is 1. The van der Waals surface area contributed by atoms with Crippen LogP contribution < -0.4 is 0 Å². The molecule has 5 rings (SSSR count). The molecule has 1 saturated heterocycles. The Morgan fingerprint density at radius 1 is 0.500 bits per heavy atom. The molecule has 4 aromatic rings. The first-order chi connectivity index (χ1) is 21.4. The van der Waals surface area contributed by atoms with Crippen LogP contribution in [0.2, 0.25) is 0 Å². The van der Waals surface area contributed by atoms with Gasteiger partial charge in [-0.15, -0.1) is 0 Å². The minimum absolute atomic E-state index is 0.221. The molecule has 0 amide bonds. The third kappa shape index (κ3) is 7.58. The average Bonchev–Trinajstić information content (AvgIpc) is 3.07. The first-order valence-electron chi connectivity index (χ1n) is 13.7. The van der Waals surface area contributed by atoms with Crippen LogP contribution in [0.5, 0.6) is 0 Å². The maximum absolute atomic E-state index is 13.3. The summed E-state index contributed by atoms with van der Waals surface area (Å²) in [5.74, 6) is -2.85. The van der Waals surface area contributed by atoms with Crippen LogP contribution in [0.4, 0.5) is 0 Å². The number of hydrogen-bond acceptors (Lipinski definition) is 9. The lowest BCUT2D eigenvalue weighted by Crippen LogP contribution is -2.61. The van der Waals surface area contributed by atoms with E-state index < -0.39 is 53.3 Å². The summed E-state index contributed by atoms with van der Waals surface area (Å²) < 4.78 is 29.3. The fourth-order valence-electron chi connectivity index (χ4n) is 4.51. The molecule has 0 aromatic heterocycles. The summed E-state index contributed by atoms with van der Waals surface area (Å²) >= 11 is 3.40. The standard InChI is InChI=1S/C34H27BrO9/c35-30-29(44-34(39)25-19-11-4-12-20-25)28(43-33(38)24-17-9-3-10-18-24)27(42-32(37)23-15-7-2-8-16-23)26(41-30)21-40-31(36)22-13-5-1-6-14-22/h1-20,26-30H,21H2/t26-,27+,28-,29+,30-/m0/s1. The molecule has 0 bridgehead atoms. The lowest BCUT2D eigenvalue weighted by atomic mass is 9.99. The van der Waals surface area contributed by atoms with Gasteiger partial charge >= 0.3 is 23.9 Å². The Morgan fingerprint density at radius 2 is 0.841 bits per heavy atom. The van der Waals surface area contributed by atoms with Crippen LogP contribution in [-0.4, -0.2) is 59.9 Å². The fourth-order valence-corrected chi connectivity index (χ4v) is 5.20. The molecule has 0 N–H and O–H groups in total.